The Morgan fingerprint density at radius 2 is 2.06 bits per heavy atom. The summed E-state index contributed by atoms with van der Waals surface area (Å²) >= 11 is 5.95. The highest BCUT2D eigenvalue weighted by Crippen LogP contribution is 2.29. The first-order chi connectivity index (χ1) is 8.13. The quantitative estimate of drug-likeness (QED) is 0.847. The topological polar surface area (TPSA) is 63.4 Å². The van der Waals surface area contributed by atoms with E-state index in [1.807, 2.05) is 20.8 Å². The standard InChI is InChI=1S/C11H18N2O2S3/c1-5-11(2,3)13(4)18(14,15)9-7-6-8(17-9)10(12)16/h6-7H,5H2,1-4H3,(H2,12,16). The first kappa shape index (κ1) is 15.6. The van der Waals surface area contributed by atoms with Crippen molar-refractivity contribution in [2.75, 3.05) is 7.05 Å². The highest BCUT2D eigenvalue weighted by atomic mass is 32.2. The minimum Gasteiger partial charge on any atom is -0.389 e. The molecular formula is C11H18N2O2S3. The predicted octanol–water partition coefficient (Wildman–Crippen LogP) is 2.19. The fourth-order valence-electron chi connectivity index (χ4n) is 1.27. The summed E-state index contributed by atoms with van der Waals surface area (Å²) in [4.78, 5) is 0.838. The van der Waals surface area contributed by atoms with Crippen LogP contribution in [-0.2, 0) is 10.0 Å². The van der Waals surface area contributed by atoms with Crippen LogP contribution in [0.1, 0.15) is 32.1 Å². The first-order valence-corrected chi connectivity index (χ1v) is 8.18. The van der Waals surface area contributed by atoms with Gasteiger partial charge < -0.3 is 5.73 Å². The van der Waals surface area contributed by atoms with Gasteiger partial charge in [-0.1, -0.05) is 19.1 Å². The molecular weight excluding hydrogens is 288 g/mol. The van der Waals surface area contributed by atoms with E-state index in [9.17, 15) is 8.42 Å². The summed E-state index contributed by atoms with van der Waals surface area (Å²) in [5.41, 5.74) is 5.07. The van der Waals surface area contributed by atoms with Gasteiger partial charge in [0.15, 0.2) is 0 Å². The zero-order chi connectivity index (χ0) is 14.1. The van der Waals surface area contributed by atoms with Crippen molar-refractivity contribution in [2.45, 2.75) is 36.9 Å². The Balaban J connectivity index is 3.17. The van der Waals surface area contributed by atoms with Crippen molar-refractivity contribution in [1.29, 1.82) is 0 Å². The van der Waals surface area contributed by atoms with Crippen molar-refractivity contribution in [2.24, 2.45) is 5.73 Å². The van der Waals surface area contributed by atoms with E-state index in [1.165, 1.54) is 4.31 Å². The summed E-state index contributed by atoms with van der Waals surface area (Å²) in [6.45, 7) is 5.75. The van der Waals surface area contributed by atoms with Gasteiger partial charge >= 0.3 is 0 Å². The Hall–Kier alpha value is -0.500. The van der Waals surface area contributed by atoms with Crippen LogP contribution in [0.15, 0.2) is 16.3 Å². The number of thiophene rings is 1. The third kappa shape index (κ3) is 2.90. The van der Waals surface area contributed by atoms with Gasteiger partial charge in [-0.2, -0.15) is 4.31 Å². The molecule has 0 aliphatic rings. The van der Waals surface area contributed by atoms with Gasteiger partial charge in [0, 0.05) is 12.6 Å². The van der Waals surface area contributed by atoms with E-state index in [2.05, 4.69) is 0 Å². The molecule has 0 radical (unpaired) electrons. The van der Waals surface area contributed by atoms with Crippen LogP contribution in [0.2, 0.25) is 0 Å². The minimum atomic E-state index is -3.48. The number of nitrogens with zero attached hydrogens (tertiary/aromatic N) is 1. The molecule has 0 bridgehead atoms. The molecule has 0 amide bonds. The maximum absolute atomic E-state index is 12.4. The van der Waals surface area contributed by atoms with E-state index in [4.69, 9.17) is 18.0 Å². The number of rotatable bonds is 5. The SMILES string of the molecule is CCC(C)(C)N(C)S(=O)(=O)c1ccc(C(N)=S)s1. The summed E-state index contributed by atoms with van der Waals surface area (Å²) in [5, 5.41) is 0. The zero-order valence-electron chi connectivity index (χ0n) is 10.9. The fourth-order valence-corrected chi connectivity index (χ4v) is 4.37. The maximum Gasteiger partial charge on any atom is 0.252 e. The Morgan fingerprint density at radius 3 is 2.44 bits per heavy atom. The van der Waals surface area contributed by atoms with Gasteiger partial charge in [0.05, 0.1) is 4.88 Å². The highest BCUT2D eigenvalue weighted by Gasteiger charge is 2.33. The molecule has 18 heavy (non-hydrogen) atoms. The van der Waals surface area contributed by atoms with Gasteiger partial charge in [0.2, 0.25) is 0 Å². The lowest BCUT2D eigenvalue weighted by atomic mass is 10.0. The number of hydrogen-bond acceptors (Lipinski definition) is 4. The van der Waals surface area contributed by atoms with Crippen LogP contribution >= 0.6 is 23.6 Å². The summed E-state index contributed by atoms with van der Waals surface area (Å²) in [6, 6.07) is 3.20. The molecule has 0 unspecified atom stereocenters. The van der Waals surface area contributed by atoms with Crippen LogP contribution in [0.3, 0.4) is 0 Å². The lowest BCUT2D eigenvalue weighted by Crippen LogP contribution is -2.44. The van der Waals surface area contributed by atoms with Crippen molar-refractivity contribution in [3.8, 4) is 0 Å². The predicted molar refractivity (Wildman–Crippen MR) is 79.5 cm³/mol. The van der Waals surface area contributed by atoms with Gasteiger partial charge in [0.1, 0.15) is 9.20 Å². The van der Waals surface area contributed by atoms with E-state index in [0.29, 0.717) is 4.88 Å². The fraction of sp³-hybridized carbons (Fsp3) is 0.545. The van der Waals surface area contributed by atoms with Crippen molar-refractivity contribution in [3.05, 3.63) is 17.0 Å². The molecule has 2 N–H and O–H groups in total. The molecule has 0 spiro atoms. The second kappa shape index (κ2) is 5.24. The molecule has 7 heteroatoms. The van der Waals surface area contributed by atoms with Crippen molar-refractivity contribution in [3.63, 3.8) is 0 Å². The summed E-state index contributed by atoms with van der Waals surface area (Å²) in [5.74, 6) is 0. The molecule has 0 atom stereocenters. The number of sulfonamides is 1. The molecule has 0 fully saturated rings. The van der Waals surface area contributed by atoms with E-state index >= 15 is 0 Å². The third-order valence-electron chi connectivity index (χ3n) is 3.16. The molecule has 1 aromatic rings. The van der Waals surface area contributed by atoms with Crippen molar-refractivity contribution < 1.29 is 8.42 Å². The van der Waals surface area contributed by atoms with E-state index in [0.717, 1.165) is 17.8 Å². The van der Waals surface area contributed by atoms with Gasteiger partial charge in [-0.3, -0.25) is 0 Å². The third-order valence-corrected chi connectivity index (χ3v) is 7.16. The lowest BCUT2D eigenvalue weighted by Gasteiger charge is -2.33. The monoisotopic (exact) mass is 306 g/mol. The maximum atomic E-state index is 12.4. The van der Waals surface area contributed by atoms with Gasteiger partial charge in [-0.25, -0.2) is 8.42 Å². The average Bonchev–Trinajstić information content (AvgIpc) is 2.77. The van der Waals surface area contributed by atoms with Crippen LogP contribution in [0.4, 0.5) is 0 Å². The largest absolute Gasteiger partial charge is 0.389 e. The second-order valence-electron chi connectivity index (χ2n) is 4.62. The second-order valence-corrected chi connectivity index (χ2v) is 8.34. The Labute approximate surface area is 118 Å². The van der Waals surface area contributed by atoms with E-state index in [1.54, 1.807) is 19.2 Å². The highest BCUT2D eigenvalue weighted by molar-refractivity contribution is 7.91. The molecule has 0 saturated heterocycles. The van der Waals surface area contributed by atoms with Crippen LogP contribution in [-0.4, -0.2) is 30.3 Å². The molecule has 0 saturated carbocycles. The summed E-state index contributed by atoms with van der Waals surface area (Å²) < 4.78 is 26.5. The van der Waals surface area contributed by atoms with Crippen molar-refractivity contribution in [1.82, 2.24) is 4.31 Å². The molecule has 0 aliphatic heterocycles. The van der Waals surface area contributed by atoms with Gasteiger partial charge in [-0.05, 0) is 32.4 Å². The van der Waals surface area contributed by atoms with Crippen molar-refractivity contribution >= 4 is 38.6 Å². The normalized spacial score (nSPS) is 12.9. The Bertz CT molecular complexity index is 546. The average molecular weight is 306 g/mol. The van der Waals surface area contributed by atoms with Crippen LogP contribution < -0.4 is 5.73 Å². The first-order valence-electron chi connectivity index (χ1n) is 5.51. The zero-order valence-corrected chi connectivity index (χ0v) is 13.4. The molecule has 1 heterocycles. The summed E-state index contributed by atoms with van der Waals surface area (Å²) in [7, 11) is -1.89. The van der Waals surface area contributed by atoms with E-state index < -0.39 is 15.6 Å². The molecule has 0 aromatic carbocycles. The lowest BCUT2D eigenvalue weighted by molar-refractivity contribution is 0.257. The Morgan fingerprint density at radius 1 is 1.50 bits per heavy atom. The molecule has 102 valence electrons. The molecule has 4 nitrogen and oxygen atoms in total. The number of thiocarbonyl (C=S) groups is 1. The molecule has 1 aromatic heterocycles. The number of nitrogens with two attached hydrogens (primary N) is 1. The van der Waals surface area contributed by atoms with E-state index in [-0.39, 0.29) is 9.20 Å². The van der Waals surface area contributed by atoms with Crippen LogP contribution in [0.5, 0.6) is 0 Å². The number of hydrogen-bond donors (Lipinski definition) is 1. The minimum absolute atomic E-state index is 0.221. The summed E-state index contributed by atoms with van der Waals surface area (Å²) in [6.07, 6.45) is 0.732. The molecule has 1 rings (SSSR count). The van der Waals surface area contributed by atoms with Crippen LogP contribution in [0.25, 0.3) is 0 Å². The molecule has 0 aliphatic carbocycles. The van der Waals surface area contributed by atoms with Gasteiger partial charge in [0.25, 0.3) is 10.0 Å². The van der Waals surface area contributed by atoms with Crippen LogP contribution in [0, 0.1) is 0 Å². The van der Waals surface area contributed by atoms with Gasteiger partial charge in [-0.15, -0.1) is 11.3 Å². The Kier molecular flexibility index (Phi) is 4.53. The smallest absolute Gasteiger partial charge is 0.252 e.